The van der Waals surface area contributed by atoms with Crippen molar-refractivity contribution < 1.29 is 14.3 Å². The molecule has 7 heteroatoms. The number of nitrogens with one attached hydrogen (secondary N) is 1. The number of nitrogens with zero attached hydrogens (tertiary/aromatic N) is 3. The van der Waals surface area contributed by atoms with E-state index in [4.69, 9.17) is 0 Å². The van der Waals surface area contributed by atoms with Gasteiger partial charge in [-0.25, -0.2) is 9.18 Å². The monoisotopic (exact) mass is 464 g/mol. The number of benzene rings is 2. The molecular weight excluding hydrogens is 431 g/mol. The van der Waals surface area contributed by atoms with Crippen LogP contribution in [0.3, 0.4) is 0 Å². The lowest BCUT2D eigenvalue weighted by Crippen LogP contribution is -2.68. The number of hydrogen-bond donors (Lipinski definition) is 2. The van der Waals surface area contributed by atoms with Gasteiger partial charge in [0, 0.05) is 36.7 Å². The summed E-state index contributed by atoms with van der Waals surface area (Å²) in [6.45, 7) is 2.85. The van der Waals surface area contributed by atoms with Gasteiger partial charge in [0.25, 0.3) is 0 Å². The number of para-hydroxylation sites is 1. The normalized spacial score (nSPS) is 22.6. The Hall–Kier alpha value is -2.92. The molecule has 0 saturated carbocycles. The van der Waals surface area contributed by atoms with E-state index in [-0.39, 0.29) is 36.3 Å². The second kappa shape index (κ2) is 11.0. The predicted molar refractivity (Wildman–Crippen MR) is 132 cm³/mol. The van der Waals surface area contributed by atoms with Gasteiger partial charge in [-0.05, 0) is 63.3 Å². The van der Waals surface area contributed by atoms with Gasteiger partial charge < -0.3 is 15.3 Å². The zero-order chi connectivity index (χ0) is 24.1. The quantitative estimate of drug-likeness (QED) is 0.683. The number of aliphatic hydroxyl groups excluding tert-OH is 1. The summed E-state index contributed by atoms with van der Waals surface area (Å²) >= 11 is 0. The standard InChI is InChI=1S/C27H33FN4O2/c1-30(2)15-7-8-20-11-13-21(14-12-20)26-24-18-31(16-5-6-17-32(24)25(26)19-33)27(34)29-23-10-4-3-9-22(23)28/h3-4,9-14,24-26,33H,5-6,15-19H2,1-2H3,(H,29,34)/t24-,25+,26-/m1/s1. The molecule has 2 saturated heterocycles. The fourth-order valence-corrected chi connectivity index (χ4v) is 4.97. The van der Waals surface area contributed by atoms with Crippen LogP contribution >= 0.6 is 0 Å². The highest BCUT2D eigenvalue weighted by Crippen LogP contribution is 2.42. The number of carbonyl (C=O) groups excluding carboxylic acids is 1. The highest BCUT2D eigenvalue weighted by Gasteiger charge is 2.49. The van der Waals surface area contributed by atoms with Crippen LogP contribution in [0.4, 0.5) is 14.9 Å². The molecule has 180 valence electrons. The Kier molecular flexibility index (Phi) is 7.84. The molecule has 34 heavy (non-hydrogen) atoms. The first-order valence-electron chi connectivity index (χ1n) is 11.9. The van der Waals surface area contributed by atoms with E-state index in [0.29, 0.717) is 19.6 Å². The van der Waals surface area contributed by atoms with Crippen molar-refractivity contribution in [2.75, 3.05) is 52.2 Å². The lowest BCUT2D eigenvalue weighted by atomic mass is 9.74. The highest BCUT2D eigenvalue weighted by molar-refractivity contribution is 5.89. The van der Waals surface area contributed by atoms with Gasteiger partial charge in [0.1, 0.15) is 5.82 Å². The van der Waals surface area contributed by atoms with Gasteiger partial charge in [0.15, 0.2) is 0 Å². The van der Waals surface area contributed by atoms with Crippen molar-refractivity contribution in [2.24, 2.45) is 0 Å². The van der Waals surface area contributed by atoms with E-state index in [1.807, 2.05) is 31.1 Å². The molecule has 2 aliphatic heterocycles. The Bertz CT molecular complexity index is 1050. The Morgan fingerprint density at radius 2 is 1.88 bits per heavy atom. The van der Waals surface area contributed by atoms with Crippen LogP contribution in [0.5, 0.6) is 0 Å². The van der Waals surface area contributed by atoms with Crippen molar-refractivity contribution in [3.63, 3.8) is 0 Å². The first kappa shape index (κ1) is 24.2. The first-order chi connectivity index (χ1) is 16.5. The summed E-state index contributed by atoms with van der Waals surface area (Å²) in [5.74, 6) is 6.01. The van der Waals surface area contributed by atoms with Gasteiger partial charge in [-0.2, -0.15) is 0 Å². The van der Waals surface area contributed by atoms with E-state index >= 15 is 0 Å². The van der Waals surface area contributed by atoms with Gasteiger partial charge in [0.05, 0.1) is 18.8 Å². The Morgan fingerprint density at radius 3 is 2.59 bits per heavy atom. The number of anilines is 1. The van der Waals surface area contributed by atoms with E-state index in [0.717, 1.165) is 30.5 Å². The minimum absolute atomic E-state index is 0.0326. The summed E-state index contributed by atoms with van der Waals surface area (Å²) in [7, 11) is 3.98. The molecular formula is C27H33FN4O2. The van der Waals surface area contributed by atoms with Gasteiger partial charge in [0.2, 0.25) is 0 Å². The van der Waals surface area contributed by atoms with Crippen LogP contribution in [0, 0.1) is 17.7 Å². The largest absolute Gasteiger partial charge is 0.395 e. The van der Waals surface area contributed by atoms with E-state index in [2.05, 4.69) is 34.2 Å². The summed E-state index contributed by atoms with van der Waals surface area (Å²) in [5.41, 5.74) is 2.30. The number of carbonyl (C=O) groups is 1. The molecule has 2 N–H and O–H groups in total. The number of halogens is 1. The zero-order valence-electron chi connectivity index (χ0n) is 19.9. The van der Waals surface area contributed by atoms with Crippen LogP contribution in [0.25, 0.3) is 0 Å². The molecule has 4 rings (SSSR count). The Labute approximate surface area is 201 Å². The number of amides is 2. The molecule has 2 heterocycles. The van der Waals surface area contributed by atoms with E-state index < -0.39 is 5.82 Å². The van der Waals surface area contributed by atoms with Gasteiger partial charge >= 0.3 is 6.03 Å². The van der Waals surface area contributed by atoms with Crippen molar-refractivity contribution in [1.29, 1.82) is 0 Å². The molecule has 6 nitrogen and oxygen atoms in total. The lowest BCUT2D eigenvalue weighted by molar-refractivity contribution is -0.0585. The summed E-state index contributed by atoms with van der Waals surface area (Å²) < 4.78 is 14.1. The second-order valence-corrected chi connectivity index (χ2v) is 9.31. The third-order valence-corrected chi connectivity index (χ3v) is 6.70. The molecule has 2 amide bonds. The maximum Gasteiger partial charge on any atom is 0.321 e. The summed E-state index contributed by atoms with van der Waals surface area (Å²) in [5, 5.41) is 12.9. The molecule has 0 radical (unpaired) electrons. The van der Waals surface area contributed by atoms with Crippen molar-refractivity contribution in [3.05, 3.63) is 65.5 Å². The molecule has 3 atom stereocenters. The summed E-state index contributed by atoms with van der Waals surface area (Å²) in [6, 6.07) is 14.3. The number of fused-ring (bicyclic) bond motifs is 1. The molecule has 0 aromatic heterocycles. The minimum atomic E-state index is -0.444. The number of hydrogen-bond acceptors (Lipinski definition) is 4. The van der Waals surface area contributed by atoms with E-state index in [1.54, 1.807) is 23.1 Å². The molecule has 0 spiro atoms. The fraction of sp³-hybridized carbons (Fsp3) is 0.444. The van der Waals surface area contributed by atoms with Crippen molar-refractivity contribution in [2.45, 2.75) is 30.8 Å². The van der Waals surface area contributed by atoms with Gasteiger partial charge in [-0.3, -0.25) is 9.80 Å². The minimum Gasteiger partial charge on any atom is -0.395 e. The molecule has 2 aromatic carbocycles. The SMILES string of the molecule is CN(C)CC#Cc1ccc([C@@H]2[C@H]3CN(C(=O)Nc4ccccc4F)CCCCN3[C@H]2CO)cc1. The zero-order valence-corrected chi connectivity index (χ0v) is 19.9. The van der Waals surface area contributed by atoms with E-state index in [9.17, 15) is 14.3 Å². The van der Waals surface area contributed by atoms with Crippen molar-refractivity contribution in [3.8, 4) is 11.8 Å². The molecule has 0 unspecified atom stereocenters. The summed E-state index contributed by atoms with van der Waals surface area (Å²) in [6.07, 6.45) is 1.82. The molecule has 2 fully saturated rings. The smallest absolute Gasteiger partial charge is 0.321 e. The topological polar surface area (TPSA) is 59.0 Å². The lowest BCUT2D eigenvalue weighted by Gasteiger charge is -2.57. The third-order valence-electron chi connectivity index (χ3n) is 6.70. The van der Waals surface area contributed by atoms with Crippen molar-refractivity contribution in [1.82, 2.24) is 14.7 Å². The van der Waals surface area contributed by atoms with Crippen LogP contribution in [0.2, 0.25) is 0 Å². The number of urea groups is 1. The number of rotatable bonds is 4. The third kappa shape index (κ3) is 5.41. The Balaban J connectivity index is 1.49. The average molecular weight is 465 g/mol. The predicted octanol–water partition coefficient (Wildman–Crippen LogP) is 3.20. The van der Waals surface area contributed by atoms with Crippen LogP contribution in [-0.4, -0.2) is 84.8 Å². The van der Waals surface area contributed by atoms with Gasteiger partial charge in [-0.15, -0.1) is 0 Å². The fourth-order valence-electron chi connectivity index (χ4n) is 4.97. The average Bonchev–Trinajstić information content (AvgIpc) is 2.80. The maximum absolute atomic E-state index is 14.1. The molecule has 0 aliphatic carbocycles. The van der Waals surface area contributed by atoms with Crippen LogP contribution < -0.4 is 5.32 Å². The highest BCUT2D eigenvalue weighted by atomic mass is 19.1. The molecule has 2 aromatic rings. The molecule has 2 aliphatic rings. The molecule has 0 bridgehead atoms. The number of aliphatic hydroxyl groups is 1. The van der Waals surface area contributed by atoms with Gasteiger partial charge in [-0.1, -0.05) is 36.1 Å². The van der Waals surface area contributed by atoms with E-state index in [1.165, 1.54) is 6.07 Å². The maximum atomic E-state index is 14.1. The Morgan fingerprint density at radius 1 is 1.15 bits per heavy atom. The summed E-state index contributed by atoms with van der Waals surface area (Å²) in [4.78, 5) is 19.1. The van der Waals surface area contributed by atoms with Crippen LogP contribution in [0.15, 0.2) is 48.5 Å². The van der Waals surface area contributed by atoms with Crippen LogP contribution in [-0.2, 0) is 0 Å². The van der Waals surface area contributed by atoms with Crippen molar-refractivity contribution >= 4 is 11.7 Å². The van der Waals surface area contributed by atoms with Crippen LogP contribution in [0.1, 0.15) is 29.9 Å². The first-order valence-corrected chi connectivity index (χ1v) is 11.9. The second-order valence-electron chi connectivity index (χ2n) is 9.31.